The Morgan fingerprint density at radius 3 is 2.67 bits per heavy atom. The molecule has 0 fully saturated rings. The molecule has 8 heteroatoms. The number of sulfonamides is 1. The minimum atomic E-state index is -3.92. The molecule has 0 aliphatic heterocycles. The van der Waals surface area contributed by atoms with Gasteiger partial charge < -0.3 is 10.2 Å². The number of carboxylic acids is 1. The van der Waals surface area contributed by atoms with Crippen LogP contribution in [0.4, 0.5) is 0 Å². The van der Waals surface area contributed by atoms with E-state index in [2.05, 4.69) is 4.72 Å². The van der Waals surface area contributed by atoms with E-state index in [4.69, 9.17) is 5.11 Å². The number of hydrogen-bond donors (Lipinski definition) is 3. The first-order chi connectivity index (χ1) is 8.19. The summed E-state index contributed by atoms with van der Waals surface area (Å²) in [7, 11) is -3.92. The number of aliphatic hydroxyl groups is 1. The molecule has 102 valence electrons. The Hall–Kier alpha value is -0.960. The van der Waals surface area contributed by atoms with Gasteiger partial charge in [-0.15, -0.1) is 11.3 Å². The number of carboxylic acid groups (broad SMARTS) is 1. The molecule has 0 bridgehead atoms. The van der Waals surface area contributed by atoms with Crippen LogP contribution in [0, 0.1) is 0 Å². The van der Waals surface area contributed by atoms with Crippen molar-refractivity contribution in [2.75, 3.05) is 6.54 Å². The maximum Gasteiger partial charge on any atom is 0.347 e. The molecule has 18 heavy (non-hydrogen) atoms. The van der Waals surface area contributed by atoms with Crippen LogP contribution in [0.5, 0.6) is 0 Å². The van der Waals surface area contributed by atoms with E-state index in [0.29, 0.717) is 6.42 Å². The van der Waals surface area contributed by atoms with E-state index in [0.717, 1.165) is 11.3 Å². The van der Waals surface area contributed by atoms with Gasteiger partial charge in [0.25, 0.3) is 0 Å². The lowest BCUT2D eigenvalue weighted by atomic mass is 10.1. The molecular weight excluding hydrogens is 278 g/mol. The van der Waals surface area contributed by atoms with Gasteiger partial charge in [-0.25, -0.2) is 17.9 Å². The van der Waals surface area contributed by atoms with Crippen molar-refractivity contribution in [2.45, 2.75) is 30.8 Å². The highest BCUT2D eigenvalue weighted by molar-refractivity contribution is 7.89. The fourth-order valence-corrected chi connectivity index (χ4v) is 3.54. The number of nitrogens with one attached hydrogen (secondary N) is 1. The Kier molecular flexibility index (Phi) is 4.49. The molecule has 1 unspecified atom stereocenters. The maximum absolute atomic E-state index is 11.9. The summed E-state index contributed by atoms with van der Waals surface area (Å²) >= 11 is 0.842. The van der Waals surface area contributed by atoms with E-state index in [1.165, 1.54) is 18.4 Å². The zero-order valence-corrected chi connectivity index (χ0v) is 11.6. The summed E-state index contributed by atoms with van der Waals surface area (Å²) in [6.07, 6.45) is 0.380. The molecule has 0 aliphatic carbocycles. The van der Waals surface area contributed by atoms with E-state index in [1.807, 2.05) is 0 Å². The zero-order chi connectivity index (χ0) is 14.0. The van der Waals surface area contributed by atoms with Crippen LogP contribution in [0.3, 0.4) is 0 Å². The molecule has 0 saturated carbocycles. The summed E-state index contributed by atoms with van der Waals surface area (Å²) in [5.41, 5.74) is -1.16. The highest BCUT2D eigenvalue weighted by Crippen LogP contribution is 2.22. The smallest absolute Gasteiger partial charge is 0.347 e. The van der Waals surface area contributed by atoms with Crippen molar-refractivity contribution in [1.29, 1.82) is 0 Å². The van der Waals surface area contributed by atoms with Crippen LogP contribution in [-0.2, 0) is 10.0 Å². The molecule has 6 nitrogen and oxygen atoms in total. The third-order valence-electron chi connectivity index (χ3n) is 2.52. The summed E-state index contributed by atoms with van der Waals surface area (Å²) in [5, 5.41) is 20.0. The number of aromatic carboxylic acids is 1. The lowest BCUT2D eigenvalue weighted by molar-refractivity contribution is 0.0613. The van der Waals surface area contributed by atoms with Gasteiger partial charge in [0.1, 0.15) is 9.77 Å². The predicted molar refractivity (Wildman–Crippen MR) is 67.4 cm³/mol. The fourth-order valence-electron chi connectivity index (χ4n) is 1.12. The van der Waals surface area contributed by atoms with Crippen LogP contribution in [-0.4, -0.2) is 36.7 Å². The van der Waals surface area contributed by atoms with E-state index in [9.17, 15) is 18.3 Å². The Labute approximate surface area is 109 Å². The van der Waals surface area contributed by atoms with Crippen LogP contribution in [0.15, 0.2) is 16.3 Å². The van der Waals surface area contributed by atoms with Gasteiger partial charge in [-0.3, -0.25) is 0 Å². The van der Waals surface area contributed by atoms with Crippen LogP contribution in [0.25, 0.3) is 0 Å². The minimum absolute atomic E-state index is 0.166. The Morgan fingerprint density at radius 1 is 1.56 bits per heavy atom. The number of carbonyl (C=O) groups is 1. The van der Waals surface area contributed by atoms with Crippen LogP contribution in [0.1, 0.15) is 29.9 Å². The largest absolute Gasteiger partial charge is 0.477 e. The Bertz CT molecular complexity index is 532. The van der Waals surface area contributed by atoms with Gasteiger partial charge in [0.15, 0.2) is 0 Å². The molecule has 3 N–H and O–H groups in total. The van der Waals surface area contributed by atoms with Gasteiger partial charge >= 0.3 is 5.97 Å². The molecule has 0 radical (unpaired) electrons. The van der Waals surface area contributed by atoms with Gasteiger partial charge in [-0.2, -0.15) is 0 Å². The third kappa shape index (κ3) is 3.52. The van der Waals surface area contributed by atoms with Crippen LogP contribution >= 0.6 is 11.3 Å². The SMILES string of the molecule is CCC(C)(O)CNS(=O)(=O)c1ccsc1C(=O)O. The predicted octanol–water partition coefficient (Wildman–Crippen LogP) is 0.886. The summed E-state index contributed by atoms with van der Waals surface area (Å²) in [6.45, 7) is 3.06. The van der Waals surface area contributed by atoms with Crippen LogP contribution < -0.4 is 4.72 Å². The van der Waals surface area contributed by atoms with E-state index >= 15 is 0 Å². The van der Waals surface area contributed by atoms with Crippen molar-refractivity contribution < 1.29 is 23.4 Å². The van der Waals surface area contributed by atoms with E-state index in [-0.39, 0.29) is 16.3 Å². The third-order valence-corrected chi connectivity index (χ3v) is 4.99. The summed E-state index contributed by atoms with van der Waals surface area (Å²) in [6, 6.07) is 1.23. The Morgan fingerprint density at radius 2 is 2.17 bits per heavy atom. The number of hydrogen-bond acceptors (Lipinski definition) is 5. The summed E-state index contributed by atoms with van der Waals surface area (Å²) in [4.78, 5) is 10.3. The monoisotopic (exact) mass is 293 g/mol. The average Bonchev–Trinajstić information content (AvgIpc) is 2.76. The molecule has 0 amide bonds. The molecule has 0 spiro atoms. The second-order valence-electron chi connectivity index (χ2n) is 4.09. The van der Waals surface area contributed by atoms with Gasteiger partial charge in [-0.05, 0) is 24.8 Å². The molecule has 1 atom stereocenters. The van der Waals surface area contributed by atoms with Gasteiger partial charge in [0, 0.05) is 6.54 Å². The molecule has 1 aromatic heterocycles. The standard InChI is InChI=1S/C10H15NO5S2/c1-3-10(2,14)6-11-18(15,16)7-4-5-17-8(7)9(12)13/h4-5,11,14H,3,6H2,1-2H3,(H,12,13). The number of rotatable bonds is 6. The molecule has 1 aromatic rings. The van der Waals surface area contributed by atoms with Crippen molar-refractivity contribution in [3.63, 3.8) is 0 Å². The highest BCUT2D eigenvalue weighted by atomic mass is 32.2. The molecule has 1 heterocycles. The number of thiophene rings is 1. The van der Waals surface area contributed by atoms with Crippen LogP contribution in [0.2, 0.25) is 0 Å². The first-order valence-corrected chi connectivity index (χ1v) is 7.59. The zero-order valence-electron chi connectivity index (χ0n) is 10.0. The second kappa shape index (κ2) is 5.35. The lowest BCUT2D eigenvalue weighted by Crippen LogP contribution is -2.40. The van der Waals surface area contributed by atoms with Crippen molar-refractivity contribution in [2.24, 2.45) is 0 Å². The van der Waals surface area contributed by atoms with Crippen molar-refractivity contribution >= 4 is 27.3 Å². The second-order valence-corrected chi connectivity index (χ2v) is 6.75. The maximum atomic E-state index is 11.9. The lowest BCUT2D eigenvalue weighted by Gasteiger charge is -2.21. The fraction of sp³-hybridized carbons (Fsp3) is 0.500. The quantitative estimate of drug-likeness (QED) is 0.722. The Balaban J connectivity index is 2.94. The molecule has 1 rings (SSSR count). The molecule has 0 aliphatic rings. The first kappa shape index (κ1) is 15.1. The highest BCUT2D eigenvalue weighted by Gasteiger charge is 2.26. The van der Waals surface area contributed by atoms with E-state index < -0.39 is 21.6 Å². The topological polar surface area (TPSA) is 104 Å². The van der Waals surface area contributed by atoms with Crippen molar-refractivity contribution in [1.82, 2.24) is 4.72 Å². The molecular formula is C10H15NO5S2. The average molecular weight is 293 g/mol. The summed E-state index contributed by atoms with van der Waals surface area (Å²) < 4.78 is 26.0. The van der Waals surface area contributed by atoms with Crippen molar-refractivity contribution in [3.8, 4) is 0 Å². The van der Waals surface area contributed by atoms with Gasteiger partial charge in [-0.1, -0.05) is 6.92 Å². The molecule has 0 saturated heterocycles. The van der Waals surface area contributed by atoms with Crippen molar-refractivity contribution in [3.05, 3.63) is 16.3 Å². The van der Waals surface area contributed by atoms with E-state index in [1.54, 1.807) is 6.92 Å². The minimum Gasteiger partial charge on any atom is -0.477 e. The van der Waals surface area contributed by atoms with Gasteiger partial charge in [0.2, 0.25) is 10.0 Å². The van der Waals surface area contributed by atoms with Gasteiger partial charge in [0.05, 0.1) is 5.60 Å². The molecule has 0 aromatic carbocycles. The summed E-state index contributed by atoms with van der Waals surface area (Å²) in [5.74, 6) is -1.28. The normalized spacial score (nSPS) is 15.3. The first-order valence-electron chi connectivity index (χ1n) is 5.22.